The van der Waals surface area contributed by atoms with E-state index in [4.69, 9.17) is 21.7 Å². The average Bonchev–Trinajstić information content (AvgIpc) is 2.48. The number of primary amides is 1. The predicted octanol–water partition coefficient (Wildman–Crippen LogP) is -4.52. The molecule has 0 aliphatic heterocycles. The molecule has 0 bridgehead atoms. The van der Waals surface area contributed by atoms with Crippen LogP contribution in [0.5, 0.6) is 0 Å². The average molecular weight is 364 g/mol. The van der Waals surface area contributed by atoms with Crippen molar-refractivity contribution in [3.63, 3.8) is 0 Å². The number of aliphatic hydroxyl groups is 2. The van der Waals surface area contributed by atoms with Crippen LogP contribution in [0, 0.1) is 0 Å². The molecule has 0 saturated heterocycles. The van der Waals surface area contributed by atoms with Crippen molar-refractivity contribution in [3.8, 4) is 0 Å². The predicted molar refractivity (Wildman–Crippen MR) is 87.7 cm³/mol. The Bertz CT molecular complexity index is 449. The summed E-state index contributed by atoms with van der Waals surface area (Å²) in [6, 6.07) is -2.76. The molecule has 0 aromatic carbocycles. The van der Waals surface area contributed by atoms with Gasteiger partial charge in [-0.1, -0.05) is 0 Å². The molecule has 2 amide bonds. The van der Waals surface area contributed by atoms with Crippen molar-refractivity contribution in [2.75, 3.05) is 26.9 Å². The molecule has 1 unspecified atom stereocenters. The Morgan fingerprint density at radius 2 is 1.84 bits per heavy atom. The number of carbonyl (C=O) groups is 3. The van der Waals surface area contributed by atoms with Gasteiger partial charge in [-0.15, -0.1) is 0 Å². The Hall–Kier alpha value is -1.83. The van der Waals surface area contributed by atoms with Crippen LogP contribution >= 0.6 is 0 Å². The summed E-state index contributed by atoms with van der Waals surface area (Å²) in [7, 11) is 1.53. The molecule has 0 radical (unpaired) electrons. The first-order valence-corrected chi connectivity index (χ1v) is 7.62. The summed E-state index contributed by atoms with van der Waals surface area (Å²) in [6.07, 6.45) is -1.18. The Balaban J connectivity index is 4.56. The highest BCUT2D eigenvalue weighted by atomic mass is 16.4. The van der Waals surface area contributed by atoms with Crippen LogP contribution in [-0.2, 0) is 14.4 Å². The van der Waals surface area contributed by atoms with Gasteiger partial charge in [-0.25, -0.2) is 5.01 Å². The molecule has 12 heteroatoms. The molecule has 0 saturated carbocycles. The highest BCUT2D eigenvalue weighted by Gasteiger charge is 2.23. The van der Waals surface area contributed by atoms with Gasteiger partial charge in [0.2, 0.25) is 5.91 Å². The van der Waals surface area contributed by atoms with Crippen molar-refractivity contribution >= 4 is 17.8 Å². The van der Waals surface area contributed by atoms with Crippen molar-refractivity contribution < 1.29 is 29.7 Å². The quantitative estimate of drug-likeness (QED) is 0.116. The van der Waals surface area contributed by atoms with Gasteiger partial charge in [-0.3, -0.25) is 30.4 Å². The maximum absolute atomic E-state index is 11.6. The first-order valence-electron chi connectivity index (χ1n) is 7.62. The number of carboxylic acids is 1. The number of carboxylic acid groups (broad SMARTS) is 1. The first kappa shape index (κ1) is 23.2. The van der Waals surface area contributed by atoms with Gasteiger partial charge in [-0.2, -0.15) is 0 Å². The first-order chi connectivity index (χ1) is 11.6. The lowest BCUT2D eigenvalue weighted by atomic mass is 10.2. The largest absolute Gasteiger partial charge is 0.480 e. The molecule has 146 valence electrons. The number of nitrogens with zero attached hydrogens (tertiary/aromatic N) is 1. The number of nitrogens with two attached hydrogens (primary N) is 2. The SMILES string of the molecule is CC(O)[C@H](NCN[C@@H](CC(N)=O)CN(C)NC(=O)[C@@H](N)CO)C(=O)O. The van der Waals surface area contributed by atoms with E-state index in [0.29, 0.717) is 0 Å². The number of likely N-dealkylation sites (N-methyl/N-ethyl adjacent to an activating group) is 1. The topological polar surface area (TPSA) is 203 Å². The third-order valence-electron chi connectivity index (χ3n) is 3.24. The molecule has 0 aliphatic carbocycles. The second-order valence-electron chi connectivity index (χ2n) is 5.65. The summed E-state index contributed by atoms with van der Waals surface area (Å²) in [5.41, 5.74) is 13.0. The van der Waals surface area contributed by atoms with E-state index in [0.717, 1.165) is 0 Å². The number of amides is 2. The highest BCUT2D eigenvalue weighted by Crippen LogP contribution is 1.96. The molecule has 0 aliphatic rings. The van der Waals surface area contributed by atoms with Crippen LogP contribution in [0.25, 0.3) is 0 Å². The Morgan fingerprint density at radius 1 is 1.24 bits per heavy atom. The summed E-state index contributed by atoms with van der Waals surface area (Å²) in [6.45, 7) is 0.960. The van der Waals surface area contributed by atoms with Gasteiger partial charge in [0.1, 0.15) is 12.1 Å². The molecular weight excluding hydrogens is 336 g/mol. The smallest absolute Gasteiger partial charge is 0.323 e. The monoisotopic (exact) mass is 364 g/mol. The van der Waals surface area contributed by atoms with Crippen molar-refractivity contribution in [3.05, 3.63) is 0 Å². The van der Waals surface area contributed by atoms with Gasteiger partial charge < -0.3 is 26.8 Å². The third-order valence-corrected chi connectivity index (χ3v) is 3.24. The van der Waals surface area contributed by atoms with Gasteiger partial charge in [0.05, 0.1) is 12.7 Å². The molecule has 25 heavy (non-hydrogen) atoms. The number of aliphatic carboxylic acids is 1. The number of aliphatic hydroxyl groups excluding tert-OH is 2. The molecule has 0 spiro atoms. The molecule has 0 aromatic heterocycles. The maximum Gasteiger partial charge on any atom is 0.323 e. The van der Waals surface area contributed by atoms with E-state index in [2.05, 4.69) is 16.1 Å². The van der Waals surface area contributed by atoms with Crippen LogP contribution in [0.4, 0.5) is 0 Å². The second-order valence-corrected chi connectivity index (χ2v) is 5.65. The van der Waals surface area contributed by atoms with Crippen LogP contribution in [0.15, 0.2) is 0 Å². The van der Waals surface area contributed by atoms with Gasteiger partial charge in [0, 0.05) is 32.7 Å². The van der Waals surface area contributed by atoms with Crippen LogP contribution in [-0.4, -0.2) is 89.2 Å². The lowest BCUT2D eigenvalue weighted by molar-refractivity contribution is -0.142. The van der Waals surface area contributed by atoms with Crippen molar-refractivity contribution in [2.24, 2.45) is 11.5 Å². The van der Waals surface area contributed by atoms with E-state index in [1.807, 2.05) is 0 Å². The molecule has 12 nitrogen and oxygen atoms in total. The lowest BCUT2D eigenvalue weighted by Gasteiger charge is -2.26. The molecule has 10 N–H and O–H groups in total. The molecule has 0 aromatic rings. The fourth-order valence-electron chi connectivity index (χ4n) is 1.95. The zero-order chi connectivity index (χ0) is 19.6. The number of carbonyl (C=O) groups excluding carboxylic acids is 2. The molecule has 0 heterocycles. The highest BCUT2D eigenvalue weighted by molar-refractivity contribution is 5.81. The fraction of sp³-hybridized carbons (Fsp3) is 0.769. The standard InChI is InChI=1S/C13H28N6O6/c1-7(21)11(13(24)25)17-6-16-8(3-10(15)22)4-19(2)18-12(23)9(14)5-20/h7-9,11,16-17,20-21H,3-6,14H2,1-2H3,(H2,15,22)(H,18,23)(H,24,25)/t7?,8-,9-,11-/m0/s1. The van der Waals surface area contributed by atoms with Crippen LogP contribution in [0.3, 0.4) is 0 Å². The van der Waals surface area contributed by atoms with Gasteiger partial charge in [-0.05, 0) is 6.92 Å². The van der Waals surface area contributed by atoms with E-state index in [-0.39, 0.29) is 19.6 Å². The second kappa shape index (κ2) is 11.7. The zero-order valence-corrected chi connectivity index (χ0v) is 14.3. The fourth-order valence-corrected chi connectivity index (χ4v) is 1.95. The van der Waals surface area contributed by atoms with E-state index in [9.17, 15) is 19.5 Å². The molecule has 0 rings (SSSR count). The van der Waals surface area contributed by atoms with Crippen LogP contribution in [0.2, 0.25) is 0 Å². The van der Waals surface area contributed by atoms with E-state index in [1.54, 1.807) is 0 Å². The zero-order valence-electron chi connectivity index (χ0n) is 14.3. The number of nitrogens with one attached hydrogen (secondary N) is 3. The normalized spacial score (nSPS) is 16.1. The van der Waals surface area contributed by atoms with Gasteiger partial charge in [0.25, 0.3) is 5.91 Å². The Morgan fingerprint density at radius 3 is 2.28 bits per heavy atom. The summed E-state index contributed by atoms with van der Waals surface area (Å²) < 4.78 is 0. The number of hydrogen-bond donors (Lipinski definition) is 8. The number of rotatable bonds is 13. The maximum atomic E-state index is 11.6. The Kier molecular flexibility index (Phi) is 10.8. The molecule has 4 atom stereocenters. The van der Waals surface area contributed by atoms with Crippen molar-refractivity contribution in [1.82, 2.24) is 21.1 Å². The van der Waals surface area contributed by atoms with Crippen molar-refractivity contribution in [1.29, 1.82) is 0 Å². The molecular formula is C13H28N6O6. The van der Waals surface area contributed by atoms with Gasteiger partial charge in [0.15, 0.2) is 0 Å². The summed E-state index contributed by atoms with van der Waals surface area (Å²) >= 11 is 0. The summed E-state index contributed by atoms with van der Waals surface area (Å²) in [5, 5.41) is 34.0. The minimum Gasteiger partial charge on any atom is -0.480 e. The minimum atomic E-state index is -1.22. The lowest BCUT2D eigenvalue weighted by Crippen LogP contribution is -2.55. The van der Waals surface area contributed by atoms with E-state index < -0.39 is 48.6 Å². The Labute approximate surface area is 145 Å². The van der Waals surface area contributed by atoms with Crippen molar-refractivity contribution in [2.45, 2.75) is 37.6 Å². The number of hydrogen-bond acceptors (Lipinski definition) is 9. The van der Waals surface area contributed by atoms with Crippen LogP contribution in [0.1, 0.15) is 13.3 Å². The summed E-state index contributed by atoms with van der Waals surface area (Å²) in [4.78, 5) is 33.7. The van der Waals surface area contributed by atoms with Crippen LogP contribution < -0.4 is 27.5 Å². The molecule has 0 fully saturated rings. The minimum absolute atomic E-state index is 0.0161. The summed E-state index contributed by atoms with van der Waals surface area (Å²) in [5.74, 6) is -2.40. The third kappa shape index (κ3) is 9.91. The number of hydrazine groups is 1. The van der Waals surface area contributed by atoms with Gasteiger partial charge >= 0.3 is 5.97 Å². The van der Waals surface area contributed by atoms with E-state index in [1.165, 1.54) is 19.0 Å². The van der Waals surface area contributed by atoms with E-state index >= 15 is 0 Å².